The number of carbonyl (C=O) groups excluding carboxylic acids is 4. The average Bonchev–Trinajstić information content (AvgIpc) is 2.86. The highest BCUT2D eigenvalue weighted by atomic mass is 16.6. The van der Waals surface area contributed by atoms with Gasteiger partial charge in [0.05, 0.1) is 13.0 Å². The molecule has 0 saturated heterocycles. The van der Waals surface area contributed by atoms with Crippen molar-refractivity contribution < 1.29 is 28.8 Å². The lowest BCUT2D eigenvalue weighted by molar-refractivity contribution is -0.140. The summed E-state index contributed by atoms with van der Waals surface area (Å²) in [5, 5.41) is 9.77. The highest BCUT2D eigenvalue weighted by Gasteiger charge is 2.39. The molecule has 0 aliphatic rings. The first-order valence-electron chi connectivity index (χ1n) is 11.9. The van der Waals surface area contributed by atoms with E-state index in [2.05, 4.69) is 28.0 Å². The molecule has 0 fully saturated rings. The van der Waals surface area contributed by atoms with Gasteiger partial charge in [0.25, 0.3) is 5.91 Å². The van der Waals surface area contributed by atoms with Gasteiger partial charge < -0.3 is 20.7 Å². The van der Waals surface area contributed by atoms with Crippen molar-refractivity contribution in [2.75, 3.05) is 20.8 Å². The lowest BCUT2D eigenvalue weighted by atomic mass is 9.84. The van der Waals surface area contributed by atoms with Crippen LogP contribution >= 0.6 is 0 Å². The van der Waals surface area contributed by atoms with Crippen molar-refractivity contribution in [3.05, 3.63) is 60.7 Å². The first-order chi connectivity index (χ1) is 17.5. The quantitative estimate of drug-likeness (QED) is 0.269. The molecule has 0 saturated carbocycles. The molecule has 0 spiro atoms. The zero-order valence-electron chi connectivity index (χ0n) is 21.9. The largest absolute Gasteiger partial charge is 0.445 e. The minimum atomic E-state index is -1.38. The Labute approximate surface area is 217 Å². The number of benzene rings is 2. The molecule has 0 unspecified atom stereocenters. The van der Waals surface area contributed by atoms with Gasteiger partial charge in [-0.1, -0.05) is 75.9 Å². The van der Waals surface area contributed by atoms with Crippen molar-refractivity contribution in [2.24, 2.45) is 11.3 Å². The van der Waals surface area contributed by atoms with Crippen LogP contribution in [0.3, 0.4) is 0 Å². The van der Waals surface area contributed by atoms with Crippen molar-refractivity contribution in [1.82, 2.24) is 21.4 Å². The number of ether oxygens (including phenoxy) is 1. The zero-order valence-corrected chi connectivity index (χ0v) is 21.9. The summed E-state index contributed by atoms with van der Waals surface area (Å²) in [4.78, 5) is 56.5. The summed E-state index contributed by atoms with van der Waals surface area (Å²) in [6, 6.07) is 11.1. The number of fused-ring (bicyclic) bond motifs is 1. The molecule has 2 aromatic carbocycles. The van der Waals surface area contributed by atoms with Gasteiger partial charge >= 0.3 is 6.09 Å². The number of alkyl carbamates (subject to hydrolysis) is 1. The van der Waals surface area contributed by atoms with E-state index in [9.17, 15) is 19.2 Å². The first kappa shape index (κ1) is 29.3. The highest BCUT2D eigenvalue weighted by Crippen LogP contribution is 2.23. The predicted molar refractivity (Wildman–Crippen MR) is 140 cm³/mol. The van der Waals surface area contributed by atoms with Crippen LogP contribution in [-0.4, -0.2) is 56.7 Å². The fourth-order valence-corrected chi connectivity index (χ4v) is 3.87. The molecule has 2 rings (SSSR count). The summed E-state index contributed by atoms with van der Waals surface area (Å²) >= 11 is 0. The van der Waals surface area contributed by atoms with Crippen molar-refractivity contribution in [2.45, 2.75) is 39.3 Å². The molecule has 0 bridgehead atoms. The molecule has 10 nitrogen and oxygen atoms in total. The lowest BCUT2D eigenvalue weighted by Crippen LogP contribution is -2.59. The molecular formula is C27H36N4O6. The second-order valence-electron chi connectivity index (χ2n) is 9.59. The zero-order chi connectivity index (χ0) is 27.6. The van der Waals surface area contributed by atoms with Crippen molar-refractivity contribution in [1.29, 1.82) is 0 Å². The summed E-state index contributed by atoms with van der Waals surface area (Å²) in [6.45, 7) is 8.84. The minimum Gasteiger partial charge on any atom is -0.445 e. The van der Waals surface area contributed by atoms with Gasteiger partial charge in [-0.05, 0) is 28.2 Å². The molecule has 3 atom stereocenters. The van der Waals surface area contributed by atoms with Crippen molar-refractivity contribution in [3.8, 4) is 0 Å². The van der Waals surface area contributed by atoms with E-state index in [-0.39, 0.29) is 18.9 Å². The molecule has 0 heterocycles. The van der Waals surface area contributed by atoms with Gasteiger partial charge in [0.15, 0.2) is 0 Å². The third-order valence-corrected chi connectivity index (χ3v) is 5.76. The normalized spacial score (nSPS) is 13.5. The number of hydrogen-bond donors (Lipinski definition) is 4. The Morgan fingerprint density at radius 3 is 2.24 bits per heavy atom. The third-order valence-electron chi connectivity index (χ3n) is 5.76. The summed E-state index contributed by atoms with van der Waals surface area (Å²) in [5.74, 6) is -2.87. The second-order valence-corrected chi connectivity index (χ2v) is 9.59. The van der Waals surface area contributed by atoms with E-state index in [0.717, 1.165) is 16.3 Å². The lowest BCUT2D eigenvalue weighted by Gasteiger charge is -2.33. The van der Waals surface area contributed by atoms with E-state index in [1.165, 1.54) is 20.2 Å². The van der Waals surface area contributed by atoms with Gasteiger partial charge in [0.1, 0.15) is 18.7 Å². The van der Waals surface area contributed by atoms with Crippen LogP contribution in [0.2, 0.25) is 0 Å². The smallest absolute Gasteiger partial charge is 0.408 e. The van der Waals surface area contributed by atoms with Crippen LogP contribution < -0.4 is 21.4 Å². The topological polar surface area (TPSA) is 135 Å². The molecule has 10 heteroatoms. The van der Waals surface area contributed by atoms with Crippen LogP contribution in [0.15, 0.2) is 55.1 Å². The van der Waals surface area contributed by atoms with E-state index in [1.807, 2.05) is 63.2 Å². The van der Waals surface area contributed by atoms with Crippen molar-refractivity contribution >= 4 is 34.6 Å². The summed E-state index contributed by atoms with van der Waals surface area (Å²) in [7, 11) is 2.72. The fourth-order valence-electron chi connectivity index (χ4n) is 3.87. The molecule has 0 aliphatic heterocycles. The monoisotopic (exact) mass is 512 g/mol. The van der Waals surface area contributed by atoms with Gasteiger partial charge in [0, 0.05) is 7.05 Å². The number of carbonyl (C=O) groups is 4. The maximum Gasteiger partial charge on any atom is 0.408 e. The number of amides is 4. The molecule has 4 N–H and O–H groups in total. The average molecular weight is 513 g/mol. The second kappa shape index (κ2) is 13.4. The van der Waals surface area contributed by atoms with Crippen LogP contribution in [0.25, 0.3) is 10.8 Å². The van der Waals surface area contributed by atoms with Crippen LogP contribution in [0, 0.1) is 11.3 Å². The van der Waals surface area contributed by atoms with Crippen molar-refractivity contribution in [3.63, 3.8) is 0 Å². The first-order valence-corrected chi connectivity index (χ1v) is 11.9. The van der Waals surface area contributed by atoms with Crippen LogP contribution in [0.4, 0.5) is 4.79 Å². The summed E-state index contributed by atoms with van der Waals surface area (Å²) in [6.07, 6.45) is 0.539. The van der Waals surface area contributed by atoms with E-state index in [0.29, 0.717) is 0 Å². The van der Waals surface area contributed by atoms with E-state index in [4.69, 9.17) is 9.57 Å². The SMILES string of the molecule is C=CCOC(=O)N[C@H](C(=O)NOC)[C@@H](Cc1ccc2ccccc2c1)C(=O)N[C@H](C(=O)NC)C(C)(C)C. The van der Waals surface area contributed by atoms with Crippen LogP contribution in [0.5, 0.6) is 0 Å². The Morgan fingerprint density at radius 1 is 0.973 bits per heavy atom. The van der Waals surface area contributed by atoms with E-state index >= 15 is 0 Å². The molecular weight excluding hydrogens is 476 g/mol. The Morgan fingerprint density at radius 2 is 1.65 bits per heavy atom. The fraction of sp³-hybridized carbons (Fsp3) is 0.407. The summed E-state index contributed by atoms with van der Waals surface area (Å²) < 4.78 is 4.99. The number of likely N-dealkylation sites (N-methyl/N-ethyl adjacent to an activating group) is 1. The minimum absolute atomic E-state index is 0.0742. The molecule has 37 heavy (non-hydrogen) atoms. The Bertz CT molecular complexity index is 1130. The van der Waals surface area contributed by atoms with Gasteiger partial charge in [-0.25, -0.2) is 10.3 Å². The van der Waals surface area contributed by atoms with E-state index < -0.39 is 41.3 Å². The van der Waals surface area contributed by atoms with Crippen LogP contribution in [-0.2, 0) is 30.4 Å². The molecule has 0 aliphatic carbocycles. The molecule has 0 aromatic heterocycles. The number of nitrogens with one attached hydrogen (secondary N) is 4. The number of hydroxylamine groups is 1. The third kappa shape index (κ3) is 8.32. The summed E-state index contributed by atoms with van der Waals surface area (Å²) in [5.41, 5.74) is 2.30. The Hall–Kier alpha value is -3.92. The Kier molecular flexibility index (Phi) is 10.6. The number of rotatable bonds is 11. The van der Waals surface area contributed by atoms with Gasteiger partial charge in [0.2, 0.25) is 11.8 Å². The van der Waals surface area contributed by atoms with Gasteiger partial charge in [-0.3, -0.25) is 19.2 Å². The highest BCUT2D eigenvalue weighted by molar-refractivity contribution is 5.94. The maximum absolute atomic E-state index is 13.7. The standard InChI is InChI=1S/C27H36N4O6/c1-7-14-37-26(35)29-21(24(33)31-36-6)20(23(32)30-22(25(34)28-5)27(2,3)4)16-17-12-13-18-10-8-9-11-19(18)15-17/h7-13,15,20-22H,1,14,16H2,2-6H3,(H,28,34)(H,29,35)(H,30,32)(H,31,33)/t20-,21+,22-/m1/s1. The van der Waals surface area contributed by atoms with Gasteiger partial charge in [-0.15, -0.1) is 0 Å². The Balaban J connectivity index is 2.50. The van der Waals surface area contributed by atoms with Crippen LogP contribution in [0.1, 0.15) is 26.3 Å². The molecule has 4 amide bonds. The molecule has 0 radical (unpaired) electrons. The van der Waals surface area contributed by atoms with E-state index in [1.54, 1.807) is 0 Å². The molecule has 200 valence electrons. The molecule has 2 aromatic rings. The maximum atomic E-state index is 13.7. The van der Waals surface area contributed by atoms with Gasteiger partial charge in [-0.2, -0.15) is 0 Å². The number of hydrogen-bond acceptors (Lipinski definition) is 6. The predicted octanol–water partition coefficient (Wildman–Crippen LogP) is 2.23.